The fourth-order valence-corrected chi connectivity index (χ4v) is 5.85. The Kier molecular flexibility index (Phi) is 6.57. The third-order valence-corrected chi connectivity index (χ3v) is 7.57. The van der Waals surface area contributed by atoms with E-state index >= 15 is 0 Å². The SMILES string of the molecule is C=C/C=C(\C(C(=C)CC(=C)c1ccccc1)c1ccccc1)n1c2ccccc2c2c3ccccc3ccc21. The maximum absolute atomic E-state index is 4.67. The Morgan fingerprint density at radius 1 is 0.667 bits per heavy atom. The number of nitrogens with zero attached hydrogens (tertiary/aromatic N) is 1. The van der Waals surface area contributed by atoms with Crippen LogP contribution in [-0.4, -0.2) is 4.57 Å². The van der Waals surface area contributed by atoms with Gasteiger partial charge in [0.2, 0.25) is 0 Å². The number of para-hydroxylation sites is 1. The van der Waals surface area contributed by atoms with Gasteiger partial charge in [0.05, 0.1) is 11.0 Å². The molecule has 6 rings (SSSR count). The summed E-state index contributed by atoms with van der Waals surface area (Å²) in [6.45, 7) is 13.2. The van der Waals surface area contributed by atoms with Crippen LogP contribution in [0.25, 0.3) is 43.8 Å². The maximum Gasteiger partial charge on any atom is 0.0544 e. The lowest BCUT2D eigenvalue weighted by Gasteiger charge is -2.26. The minimum atomic E-state index is -0.0601. The third-order valence-electron chi connectivity index (χ3n) is 7.57. The minimum absolute atomic E-state index is 0.0601. The highest BCUT2D eigenvalue weighted by atomic mass is 15.0. The van der Waals surface area contributed by atoms with Crippen LogP contribution in [0.4, 0.5) is 0 Å². The van der Waals surface area contributed by atoms with Crippen LogP contribution in [0.3, 0.4) is 0 Å². The van der Waals surface area contributed by atoms with Crippen molar-refractivity contribution in [3.63, 3.8) is 0 Å². The van der Waals surface area contributed by atoms with Gasteiger partial charge in [-0.15, -0.1) is 0 Å². The highest BCUT2D eigenvalue weighted by Crippen LogP contribution is 2.43. The first-order chi connectivity index (χ1) is 19.2. The van der Waals surface area contributed by atoms with E-state index < -0.39 is 0 Å². The first-order valence-corrected chi connectivity index (χ1v) is 13.4. The summed E-state index contributed by atoms with van der Waals surface area (Å²) in [4.78, 5) is 0. The van der Waals surface area contributed by atoms with Crippen molar-refractivity contribution in [1.29, 1.82) is 0 Å². The Morgan fingerprint density at radius 2 is 1.31 bits per heavy atom. The van der Waals surface area contributed by atoms with E-state index in [1.807, 2.05) is 12.1 Å². The molecule has 0 radical (unpaired) electrons. The molecule has 0 N–H and O–H groups in total. The monoisotopic (exact) mass is 501 g/mol. The predicted molar refractivity (Wildman–Crippen MR) is 170 cm³/mol. The van der Waals surface area contributed by atoms with Crippen molar-refractivity contribution in [2.75, 3.05) is 0 Å². The second-order valence-electron chi connectivity index (χ2n) is 10.0. The smallest absolute Gasteiger partial charge is 0.0544 e. The molecule has 0 bridgehead atoms. The van der Waals surface area contributed by atoms with Crippen LogP contribution in [-0.2, 0) is 0 Å². The molecule has 0 saturated heterocycles. The summed E-state index contributed by atoms with van der Waals surface area (Å²) in [5.41, 5.74) is 7.98. The van der Waals surface area contributed by atoms with Gasteiger partial charge in [-0.25, -0.2) is 0 Å². The molecule has 1 atom stereocenters. The van der Waals surface area contributed by atoms with Crippen molar-refractivity contribution < 1.29 is 0 Å². The number of hydrogen-bond acceptors (Lipinski definition) is 0. The Balaban J connectivity index is 1.59. The molecular weight excluding hydrogens is 470 g/mol. The number of hydrogen-bond donors (Lipinski definition) is 0. The lowest BCUT2D eigenvalue weighted by Crippen LogP contribution is -2.11. The van der Waals surface area contributed by atoms with E-state index in [-0.39, 0.29) is 5.92 Å². The van der Waals surface area contributed by atoms with Gasteiger partial charge in [-0.3, -0.25) is 0 Å². The summed E-state index contributed by atoms with van der Waals surface area (Å²) >= 11 is 0. The maximum atomic E-state index is 4.67. The number of fused-ring (bicyclic) bond motifs is 5. The van der Waals surface area contributed by atoms with Crippen LogP contribution in [0.2, 0.25) is 0 Å². The van der Waals surface area contributed by atoms with Gasteiger partial charge in [0.15, 0.2) is 0 Å². The zero-order chi connectivity index (χ0) is 26.8. The Hall–Kier alpha value is -4.88. The van der Waals surface area contributed by atoms with E-state index in [1.54, 1.807) is 0 Å². The Labute approximate surface area is 230 Å². The molecule has 0 aliphatic carbocycles. The normalized spacial score (nSPS) is 12.6. The van der Waals surface area contributed by atoms with Crippen LogP contribution in [0.1, 0.15) is 23.5 Å². The Bertz CT molecular complexity index is 1870. The first kappa shape index (κ1) is 24.5. The lowest BCUT2D eigenvalue weighted by atomic mass is 9.84. The zero-order valence-electron chi connectivity index (χ0n) is 22.1. The van der Waals surface area contributed by atoms with Gasteiger partial charge in [-0.05, 0) is 52.1 Å². The molecule has 39 heavy (non-hydrogen) atoms. The molecule has 5 aromatic carbocycles. The summed E-state index contributed by atoms with van der Waals surface area (Å²) in [5, 5.41) is 5.01. The van der Waals surface area contributed by atoms with Crippen molar-refractivity contribution in [1.82, 2.24) is 4.57 Å². The molecule has 0 aliphatic rings. The van der Waals surface area contributed by atoms with Crippen molar-refractivity contribution >= 4 is 43.8 Å². The molecule has 0 amide bonds. The van der Waals surface area contributed by atoms with Crippen LogP contribution >= 0.6 is 0 Å². The van der Waals surface area contributed by atoms with Crippen molar-refractivity contribution in [2.24, 2.45) is 0 Å². The second kappa shape index (κ2) is 10.5. The summed E-state index contributed by atoms with van der Waals surface area (Å²) < 4.78 is 2.41. The quantitative estimate of drug-likeness (QED) is 0.144. The predicted octanol–water partition coefficient (Wildman–Crippen LogP) is 10.4. The van der Waals surface area contributed by atoms with Crippen molar-refractivity contribution in [2.45, 2.75) is 12.3 Å². The van der Waals surface area contributed by atoms with E-state index in [2.05, 4.69) is 146 Å². The summed E-state index contributed by atoms with van der Waals surface area (Å²) in [6.07, 6.45) is 4.74. The van der Waals surface area contributed by atoms with Gasteiger partial charge < -0.3 is 4.57 Å². The minimum Gasteiger partial charge on any atom is -0.312 e. The lowest BCUT2D eigenvalue weighted by molar-refractivity contribution is 0.921. The number of rotatable bonds is 8. The fraction of sp³-hybridized carbons (Fsp3) is 0.0526. The van der Waals surface area contributed by atoms with E-state index in [0.717, 1.165) is 22.4 Å². The van der Waals surface area contributed by atoms with Crippen molar-refractivity contribution in [3.05, 3.63) is 170 Å². The molecule has 1 aromatic heterocycles. The number of benzene rings is 5. The van der Waals surface area contributed by atoms with Crippen molar-refractivity contribution in [3.8, 4) is 0 Å². The van der Waals surface area contributed by atoms with Crippen LogP contribution < -0.4 is 0 Å². The fourth-order valence-electron chi connectivity index (χ4n) is 5.85. The first-order valence-electron chi connectivity index (χ1n) is 13.4. The van der Waals surface area contributed by atoms with Gasteiger partial charge in [-0.1, -0.05) is 141 Å². The van der Waals surface area contributed by atoms with E-state index in [9.17, 15) is 0 Å². The highest BCUT2D eigenvalue weighted by Gasteiger charge is 2.25. The van der Waals surface area contributed by atoms with E-state index in [4.69, 9.17) is 0 Å². The van der Waals surface area contributed by atoms with Crippen LogP contribution in [0, 0.1) is 0 Å². The van der Waals surface area contributed by atoms with E-state index in [1.165, 1.54) is 38.1 Å². The number of aromatic nitrogens is 1. The van der Waals surface area contributed by atoms with Gasteiger partial charge >= 0.3 is 0 Å². The third kappa shape index (κ3) is 4.43. The molecule has 1 nitrogen and oxygen atoms in total. The molecule has 0 spiro atoms. The molecule has 0 fully saturated rings. The second-order valence-corrected chi connectivity index (χ2v) is 10.0. The molecule has 1 unspecified atom stereocenters. The molecule has 0 aliphatic heterocycles. The van der Waals surface area contributed by atoms with Crippen LogP contribution in [0.15, 0.2) is 159 Å². The average Bonchev–Trinajstić information content (AvgIpc) is 3.32. The average molecular weight is 502 g/mol. The van der Waals surface area contributed by atoms with Gasteiger partial charge in [0, 0.05) is 22.4 Å². The molecule has 1 heterocycles. The molecule has 1 heteroatoms. The largest absolute Gasteiger partial charge is 0.312 e. The van der Waals surface area contributed by atoms with E-state index in [0.29, 0.717) is 6.42 Å². The summed E-state index contributed by atoms with van der Waals surface area (Å²) in [6, 6.07) is 42.9. The van der Waals surface area contributed by atoms with Gasteiger partial charge in [0.25, 0.3) is 0 Å². The highest BCUT2D eigenvalue weighted by molar-refractivity contribution is 6.21. The Morgan fingerprint density at radius 3 is 2.05 bits per heavy atom. The zero-order valence-corrected chi connectivity index (χ0v) is 22.1. The summed E-state index contributed by atoms with van der Waals surface area (Å²) in [5.74, 6) is -0.0601. The van der Waals surface area contributed by atoms with Crippen LogP contribution in [0.5, 0.6) is 0 Å². The molecule has 6 aromatic rings. The summed E-state index contributed by atoms with van der Waals surface area (Å²) in [7, 11) is 0. The topological polar surface area (TPSA) is 4.93 Å². The van der Waals surface area contributed by atoms with Gasteiger partial charge in [0.1, 0.15) is 0 Å². The van der Waals surface area contributed by atoms with Gasteiger partial charge in [-0.2, -0.15) is 0 Å². The molecule has 188 valence electrons. The standard InChI is InChI=1S/C38H31N/c1-4-15-35(37(31-19-9-6-10-20-31)28(3)26-27(2)29-16-7-5-8-17-29)39-34-23-14-13-22-33(34)38-32-21-12-11-18-30(32)24-25-36(38)39/h4-25,37H,1-3,26H2/b35-15+. The number of allylic oxidation sites excluding steroid dienone is 5. The molecular formula is C38H31N. The molecule has 0 saturated carbocycles.